The molecule has 0 atom stereocenters. The molecule has 0 unspecified atom stereocenters. The molecule has 102 valence electrons. The summed E-state index contributed by atoms with van der Waals surface area (Å²) < 4.78 is 5.76. The molecule has 0 radical (unpaired) electrons. The lowest BCUT2D eigenvalue weighted by atomic mass is 10.2. The van der Waals surface area contributed by atoms with E-state index in [2.05, 4.69) is 48.2 Å². The third-order valence-electron chi connectivity index (χ3n) is 3.14. The van der Waals surface area contributed by atoms with Crippen molar-refractivity contribution in [3.8, 4) is 0 Å². The van der Waals surface area contributed by atoms with Crippen LogP contribution >= 0.6 is 0 Å². The highest BCUT2D eigenvalue weighted by molar-refractivity contribution is 5.15. The number of aryl methyl sites for hydroxylation is 1. The second kappa shape index (κ2) is 7.12. The Morgan fingerprint density at radius 3 is 2.37 bits per heavy atom. The van der Waals surface area contributed by atoms with Crippen LogP contribution < -0.4 is 5.73 Å². The molecule has 0 saturated carbocycles. The number of nitrogens with zero attached hydrogens (tertiary/aromatic N) is 1. The number of benzene rings is 1. The van der Waals surface area contributed by atoms with Gasteiger partial charge in [0.25, 0.3) is 0 Å². The Balaban J connectivity index is 1.99. The fraction of sp³-hybridized carbons (Fsp3) is 0.375. The second-order valence-corrected chi connectivity index (χ2v) is 4.71. The van der Waals surface area contributed by atoms with Crippen molar-refractivity contribution >= 4 is 0 Å². The molecule has 0 saturated heterocycles. The van der Waals surface area contributed by atoms with Gasteiger partial charge in [0.15, 0.2) is 0 Å². The van der Waals surface area contributed by atoms with E-state index in [1.54, 1.807) is 0 Å². The lowest BCUT2D eigenvalue weighted by Crippen LogP contribution is -2.28. The number of hydrogen-bond donors (Lipinski definition) is 1. The van der Waals surface area contributed by atoms with Gasteiger partial charge < -0.3 is 10.2 Å². The highest BCUT2D eigenvalue weighted by atomic mass is 16.3. The van der Waals surface area contributed by atoms with E-state index in [1.165, 1.54) is 5.56 Å². The summed E-state index contributed by atoms with van der Waals surface area (Å²) in [6.07, 6.45) is 0.940. The zero-order valence-corrected chi connectivity index (χ0v) is 11.5. The Morgan fingerprint density at radius 1 is 1.00 bits per heavy atom. The number of hydrogen-bond acceptors (Lipinski definition) is 3. The average molecular weight is 258 g/mol. The molecule has 2 aromatic rings. The van der Waals surface area contributed by atoms with Crippen LogP contribution in [0.3, 0.4) is 0 Å². The van der Waals surface area contributed by atoms with Crippen LogP contribution in [0.5, 0.6) is 0 Å². The lowest BCUT2D eigenvalue weighted by molar-refractivity contribution is 0.239. The Morgan fingerprint density at radius 2 is 1.74 bits per heavy atom. The molecule has 19 heavy (non-hydrogen) atoms. The van der Waals surface area contributed by atoms with Gasteiger partial charge in [-0.05, 0) is 17.7 Å². The topological polar surface area (TPSA) is 42.4 Å². The van der Waals surface area contributed by atoms with Gasteiger partial charge in [-0.25, -0.2) is 0 Å². The largest absolute Gasteiger partial charge is 0.465 e. The SMILES string of the molecule is CCc1ccc(CN(CCN)Cc2ccccc2)o1. The van der Waals surface area contributed by atoms with Crippen LogP contribution in [-0.2, 0) is 19.5 Å². The van der Waals surface area contributed by atoms with Crippen molar-refractivity contribution in [2.24, 2.45) is 5.73 Å². The van der Waals surface area contributed by atoms with E-state index in [1.807, 2.05) is 6.07 Å². The molecule has 3 heteroatoms. The standard InChI is InChI=1S/C16H22N2O/c1-2-15-8-9-16(19-15)13-18(11-10-17)12-14-6-4-3-5-7-14/h3-9H,2,10-13,17H2,1H3. The summed E-state index contributed by atoms with van der Waals surface area (Å²) in [5.74, 6) is 2.06. The molecule has 0 amide bonds. The average Bonchev–Trinajstić information content (AvgIpc) is 2.88. The lowest BCUT2D eigenvalue weighted by Gasteiger charge is -2.20. The van der Waals surface area contributed by atoms with E-state index in [-0.39, 0.29) is 0 Å². The minimum absolute atomic E-state index is 0.661. The molecule has 0 spiro atoms. The van der Waals surface area contributed by atoms with Gasteiger partial charge in [-0.2, -0.15) is 0 Å². The van der Waals surface area contributed by atoms with Crippen molar-refractivity contribution < 1.29 is 4.42 Å². The molecule has 2 N–H and O–H groups in total. The Kier molecular flexibility index (Phi) is 5.19. The van der Waals surface area contributed by atoms with Crippen molar-refractivity contribution in [2.45, 2.75) is 26.4 Å². The first-order valence-corrected chi connectivity index (χ1v) is 6.85. The van der Waals surface area contributed by atoms with Gasteiger partial charge >= 0.3 is 0 Å². The first-order chi connectivity index (χ1) is 9.31. The first kappa shape index (κ1) is 13.8. The third kappa shape index (κ3) is 4.23. The third-order valence-corrected chi connectivity index (χ3v) is 3.14. The summed E-state index contributed by atoms with van der Waals surface area (Å²) in [5.41, 5.74) is 7.00. The summed E-state index contributed by atoms with van der Waals surface area (Å²) in [6, 6.07) is 14.6. The second-order valence-electron chi connectivity index (χ2n) is 4.71. The van der Waals surface area contributed by atoms with Gasteiger partial charge in [-0.1, -0.05) is 37.3 Å². The fourth-order valence-electron chi connectivity index (χ4n) is 2.16. The van der Waals surface area contributed by atoms with Crippen LogP contribution in [0.1, 0.15) is 24.0 Å². The Labute approximate surface area is 115 Å². The first-order valence-electron chi connectivity index (χ1n) is 6.85. The quantitative estimate of drug-likeness (QED) is 0.830. The summed E-state index contributed by atoms with van der Waals surface area (Å²) in [7, 11) is 0. The van der Waals surface area contributed by atoms with E-state index < -0.39 is 0 Å². The maximum atomic E-state index is 5.76. The van der Waals surface area contributed by atoms with E-state index in [4.69, 9.17) is 10.2 Å². The van der Waals surface area contributed by atoms with Crippen LogP contribution in [0, 0.1) is 0 Å². The number of furan rings is 1. The maximum Gasteiger partial charge on any atom is 0.118 e. The van der Waals surface area contributed by atoms with Gasteiger partial charge in [0, 0.05) is 26.1 Å². The molecule has 0 aliphatic heterocycles. The van der Waals surface area contributed by atoms with Crippen LogP contribution in [-0.4, -0.2) is 18.0 Å². The van der Waals surface area contributed by atoms with Crippen LogP contribution in [0.15, 0.2) is 46.9 Å². The van der Waals surface area contributed by atoms with Crippen LogP contribution in [0.4, 0.5) is 0 Å². The molecule has 1 aromatic carbocycles. The predicted octanol–water partition coefficient (Wildman–Crippen LogP) is 2.80. The number of rotatable bonds is 7. The van der Waals surface area contributed by atoms with Crippen molar-refractivity contribution in [3.05, 3.63) is 59.5 Å². The Bertz CT molecular complexity index is 479. The van der Waals surface area contributed by atoms with Gasteiger partial charge in [-0.3, -0.25) is 4.90 Å². The normalized spacial score (nSPS) is 11.1. The fourth-order valence-corrected chi connectivity index (χ4v) is 2.16. The van der Waals surface area contributed by atoms with Crippen LogP contribution in [0.25, 0.3) is 0 Å². The molecule has 0 bridgehead atoms. The summed E-state index contributed by atoms with van der Waals surface area (Å²) in [4.78, 5) is 2.31. The zero-order chi connectivity index (χ0) is 13.5. The molecular weight excluding hydrogens is 236 g/mol. The molecule has 0 aliphatic carbocycles. The van der Waals surface area contributed by atoms with E-state index in [0.717, 1.165) is 37.6 Å². The van der Waals surface area contributed by atoms with E-state index in [0.29, 0.717) is 6.54 Å². The monoisotopic (exact) mass is 258 g/mol. The van der Waals surface area contributed by atoms with Crippen molar-refractivity contribution in [1.29, 1.82) is 0 Å². The van der Waals surface area contributed by atoms with Gasteiger partial charge in [0.05, 0.1) is 6.54 Å². The summed E-state index contributed by atoms with van der Waals surface area (Å²) >= 11 is 0. The molecule has 2 rings (SSSR count). The minimum Gasteiger partial charge on any atom is -0.465 e. The van der Waals surface area contributed by atoms with Gasteiger partial charge in [0.2, 0.25) is 0 Å². The molecule has 1 heterocycles. The van der Waals surface area contributed by atoms with Gasteiger partial charge in [0.1, 0.15) is 11.5 Å². The summed E-state index contributed by atoms with van der Waals surface area (Å²) in [6.45, 7) is 5.35. The van der Waals surface area contributed by atoms with Crippen molar-refractivity contribution in [1.82, 2.24) is 4.90 Å². The molecular formula is C16H22N2O. The molecule has 1 aromatic heterocycles. The predicted molar refractivity (Wildman–Crippen MR) is 77.7 cm³/mol. The van der Waals surface area contributed by atoms with Crippen molar-refractivity contribution in [2.75, 3.05) is 13.1 Å². The highest BCUT2D eigenvalue weighted by Gasteiger charge is 2.09. The molecule has 0 aliphatic rings. The summed E-state index contributed by atoms with van der Waals surface area (Å²) in [5, 5.41) is 0. The maximum absolute atomic E-state index is 5.76. The van der Waals surface area contributed by atoms with Crippen molar-refractivity contribution in [3.63, 3.8) is 0 Å². The van der Waals surface area contributed by atoms with E-state index >= 15 is 0 Å². The zero-order valence-electron chi connectivity index (χ0n) is 11.5. The van der Waals surface area contributed by atoms with Gasteiger partial charge in [-0.15, -0.1) is 0 Å². The minimum atomic E-state index is 0.661. The Hall–Kier alpha value is -1.58. The smallest absolute Gasteiger partial charge is 0.118 e. The molecule has 0 fully saturated rings. The highest BCUT2D eigenvalue weighted by Crippen LogP contribution is 2.13. The van der Waals surface area contributed by atoms with E-state index in [9.17, 15) is 0 Å². The van der Waals surface area contributed by atoms with Crippen LogP contribution in [0.2, 0.25) is 0 Å². The number of nitrogens with two attached hydrogens (primary N) is 1. The molecule has 3 nitrogen and oxygen atoms in total.